The van der Waals surface area contributed by atoms with Crippen molar-refractivity contribution < 1.29 is 9.53 Å². The zero-order valence-electron chi connectivity index (χ0n) is 12.0. The van der Waals surface area contributed by atoms with Gasteiger partial charge in [0.25, 0.3) is 5.91 Å². The van der Waals surface area contributed by atoms with Crippen molar-refractivity contribution in [3.8, 4) is 5.75 Å². The maximum atomic E-state index is 11.7. The summed E-state index contributed by atoms with van der Waals surface area (Å²) < 4.78 is 5.80. The molecule has 1 atom stereocenters. The second-order valence-electron chi connectivity index (χ2n) is 5.31. The molecule has 1 aliphatic heterocycles. The number of nitrogens with zero attached hydrogens (tertiary/aromatic N) is 1. The van der Waals surface area contributed by atoms with E-state index in [1.165, 1.54) is 5.56 Å². The summed E-state index contributed by atoms with van der Waals surface area (Å²) in [4.78, 5) is 16.0. The fourth-order valence-electron chi connectivity index (χ4n) is 2.69. The predicted octanol–water partition coefficient (Wildman–Crippen LogP) is 2.24. The van der Waals surface area contributed by atoms with E-state index < -0.39 is 0 Å². The van der Waals surface area contributed by atoms with Gasteiger partial charge in [-0.2, -0.15) is 0 Å². The van der Waals surface area contributed by atoms with E-state index in [0.29, 0.717) is 18.1 Å². The number of fused-ring (bicyclic) bond motifs is 1. The molecule has 0 saturated carbocycles. The van der Waals surface area contributed by atoms with Crippen LogP contribution >= 0.6 is 0 Å². The number of carbonyl (C=O) groups is 1. The number of rotatable bonds is 3. The van der Waals surface area contributed by atoms with E-state index >= 15 is 0 Å². The molecule has 1 aromatic heterocycles. The summed E-state index contributed by atoms with van der Waals surface area (Å²) in [7, 11) is 1.63. The average Bonchev–Trinajstić information content (AvgIpc) is 2.54. The molecule has 1 amide bonds. The van der Waals surface area contributed by atoms with Crippen LogP contribution in [0.15, 0.2) is 42.6 Å². The normalized spacial score (nSPS) is 16.7. The number of ether oxygens (including phenoxy) is 1. The Morgan fingerprint density at radius 2 is 2.24 bits per heavy atom. The van der Waals surface area contributed by atoms with Gasteiger partial charge in [0.05, 0.1) is 6.61 Å². The summed E-state index contributed by atoms with van der Waals surface area (Å²) >= 11 is 0. The SMILES string of the molecule is CNC(=O)c1ccnc(CC2COc3ccccc3C2)c1. The third kappa shape index (κ3) is 3.05. The lowest BCUT2D eigenvalue weighted by Crippen LogP contribution is -2.23. The molecule has 3 rings (SSSR count). The van der Waals surface area contributed by atoms with E-state index in [9.17, 15) is 4.79 Å². The van der Waals surface area contributed by atoms with Gasteiger partial charge in [-0.3, -0.25) is 9.78 Å². The molecular weight excluding hydrogens is 264 g/mol. The van der Waals surface area contributed by atoms with Crippen molar-refractivity contribution in [1.29, 1.82) is 0 Å². The third-order valence-electron chi connectivity index (χ3n) is 3.76. The largest absolute Gasteiger partial charge is 0.493 e. The second kappa shape index (κ2) is 5.95. The van der Waals surface area contributed by atoms with E-state index in [0.717, 1.165) is 24.3 Å². The molecular formula is C17H18N2O2. The molecule has 4 heteroatoms. The number of carbonyl (C=O) groups excluding carboxylic acids is 1. The molecule has 2 heterocycles. The van der Waals surface area contributed by atoms with Crippen LogP contribution < -0.4 is 10.1 Å². The summed E-state index contributed by atoms with van der Waals surface area (Å²) in [6.07, 6.45) is 3.50. The Morgan fingerprint density at radius 1 is 1.38 bits per heavy atom. The molecule has 2 aromatic rings. The van der Waals surface area contributed by atoms with Crippen LogP contribution in [0.4, 0.5) is 0 Å². The van der Waals surface area contributed by atoms with Crippen LogP contribution in [0.1, 0.15) is 21.6 Å². The third-order valence-corrected chi connectivity index (χ3v) is 3.76. The van der Waals surface area contributed by atoms with Gasteiger partial charge in [0.1, 0.15) is 5.75 Å². The van der Waals surface area contributed by atoms with Crippen LogP contribution in [0.5, 0.6) is 5.75 Å². The molecule has 0 fully saturated rings. The lowest BCUT2D eigenvalue weighted by molar-refractivity contribution is 0.0963. The molecule has 21 heavy (non-hydrogen) atoms. The average molecular weight is 282 g/mol. The van der Waals surface area contributed by atoms with Crippen molar-refractivity contribution in [2.75, 3.05) is 13.7 Å². The highest BCUT2D eigenvalue weighted by atomic mass is 16.5. The molecule has 1 aliphatic rings. The van der Waals surface area contributed by atoms with Crippen molar-refractivity contribution in [2.24, 2.45) is 5.92 Å². The molecule has 1 unspecified atom stereocenters. The summed E-state index contributed by atoms with van der Waals surface area (Å²) in [6.45, 7) is 0.697. The first-order valence-electron chi connectivity index (χ1n) is 7.14. The molecule has 0 bridgehead atoms. The minimum atomic E-state index is -0.0797. The van der Waals surface area contributed by atoms with E-state index in [2.05, 4.69) is 16.4 Å². The van der Waals surface area contributed by atoms with Gasteiger partial charge in [-0.25, -0.2) is 0 Å². The lowest BCUT2D eigenvalue weighted by Gasteiger charge is -2.25. The summed E-state index contributed by atoms with van der Waals surface area (Å²) in [5.74, 6) is 1.30. The molecule has 0 saturated heterocycles. The van der Waals surface area contributed by atoms with Gasteiger partial charge in [-0.05, 0) is 36.6 Å². The minimum absolute atomic E-state index is 0.0797. The Labute approximate surface area is 124 Å². The monoisotopic (exact) mass is 282 g/mol. The fraction of sp³-hybridized carbons (Fsp3) is 0.294. The van der Waals surface area contributed by atoms with Gasteiger partial charge in [-0.1, -0.05) is 18.2 Å². The van der Waals surface area contributed by atoms with Crippen LogP contribution in [0.2, 0.25) is 0 Å². The Kier molecular flexibility index (Phi) is 3.86. The molecule has 0 radical (unpaired) electrons. The van der Waals surface area contributed by atoms with Crippen molar-refractivity contribution in [3.05, 3.63) is 59.4 Å². The Balaban J connectivity index is 1.72. The van der Waals surface area contributed by atoms with Crippen molar-refractivity contribution in [3.63, 3.8) is 0 Å². The van der Waals surface area contributed by atoms with Gasteiger partial charge in [0.15, 0.2) is 0 Å². The highest BCUT2D eigenvalue weighted by Gasteiger charge is 2.20. The number of nitrogens with one attached hydrogen (secondary N) is 1. The number of pyridine rings is 1. The number of para-hydroxylation sites is 1. The topological polar surface area (TPSA) is 51.2 Å². The van der Waals surface area contributed by atoms with E-state index in [-0.39, 0.29) is 5.91 Å². The van der Waals surface area contributed by atoms with Crippen LogP contribution in [0, 0.1) is 5.92 Å². The van der Waals surface area contributed by atoms with Crippen molar-refractivity contribution >= 4 is 5.91 Å². The van der Waals surface area contributed by atoms with Crippen molar-refractivity contribution in [1.82, 2.24) is 10.3 Å². The zero-order valence-corrected chi connectivity index (χ0v) is 12.0. The highest BCUT2D eigenvalue weighted by Crippen LogP contribution is 2.28. The van der Waals surface area contributed by atoms with E-state index in [1.54, 1.807) is 19.3 Å². The summed E-state index contributed by atoms with van der Waals surface area (Å²) in [5.41, 5.74) is 2.83. The second-order valence-corrected chi connectivity index (χ2v) is 5.31. The Bertz CT molecular complexity index is 655. The highest BCUT2D eigenvalue weighted by molar-refractivity contribution is 5.93. The molecule has 0 spiro atoms. The Hall–Kier alpha value is -2.36. The molecule has 108 valence electrons. The smallest absolute Gasteiger partial charge is 0.251 e. The van der Waals surface area contributed by atoms with Gasteiger partial charge < -0.3 is 10.1 Å². The molecule has 4 nitrogen and oxygen atoms in total. The number of benzene rings is 1. The van der Waals surface area contributed by atoms with Crippen molar-refractivity contribution in [2.45, 2.75) is 12.8 Å². The number of aromatic nitrogens is 1. The van der Waals surface area contributed by atoms with Gasteiger partial charge in [0, 0.05) is 30.4 Å². The molecule has 1 N–H and O–H groups in total. The zero-order chi connectivity index (χ0) is 14.7. The van der Waals surface area contributed by atoms with Gasteiger partial charge in [-0.15, -0.1) is 0 Å². The van der Waals surface area contributed by atoms with E-state index in [4.69, 9.17) is 4.74 Å². The standard InChI is InChI=1S/C17H18N2O2/c1-18-17(20)14-6-7-19-15(10-14)9-12-8-13-4-2-3-5-16(13)21-11-12/h2-7,10,12H,8-9,11H2,1H3,(H,18,20). The van der Waals surface area contributed by atoms with Gasteiger partial charge >= 0.3 is 0 Å². The Morgan fingerprint density at radius 3 is 3.10 bits per heavy atom. The van der Waals surface area contributed by atoms with Crippen LogP contribution in [-0.4, -0.2) is 24.5 Å². The summed E-state index contributed by atoms with van der Waals surface area (Å²) in [5, 5.41) is 2.63. The predicted molar refractivity (Wildman–Crippen MR) is 80.5 cm³/mol. The van der Waals surface area contributed by atoms with Gasteiger partial charge in [0.2, 0.25) is 0 Å². The number of hydrogen-bond donors (Lipinski definition) is 1. The minimum Gasteiger partial charge on any atom is -0.493 e. The quantitative estimate of drug-likeness (QED) is 0.939. The van der Waals surface area contributed by atoms with Crippen LogP contribution in [-0.2, 0) is 12.8 Å². The van der Waals surface area contributed by atoms with E-state index in [1.807, 2.05) is 24.3 Å². The molecule has 1 aromatic carbocycles. The summed E-state index contributed by atoms with van der Waals surface area (Å²) in [6, 6.07) is 11.7. The first-order valence-corrected chi connectivity index (χ1v) is 7.14. The maximum absolute atomic E-state index is 11.7. The number of hydrogen-bond acceptors (Lipinski definition) is 3. The number of amides is 1. The van der Waals surface area contributed by atoms with Crippen LogP contribution in [0.25, 0.3) is 0 Å². The lowest BCUT2D eigenvalue weighted by atomic mass is 9.92. The van der Waals surface area contributed by atoms with Crippen LogP contribution in [0.3, 0.4) is 0 Å². The maximum Gasteiger partial charge on any atom is 0.251 e. The fourth-order valence-corrected chi connectivity index (χ4v) is 2.69. The first kappa shape index (κ1) is 13.6. The first-order chi connectivity index (χ1) is 10.3. The molecule has 0 aliphatic carbocycles.